The maximum absolute atomic E-state index is 11.1. The smallest absolute Gasteiger partial charge is 0.302 e. The van der Waals surface area contributed by atoms with Gasteiger partial charge in [0.1, 0.15) is 6.61 Å². The van der Waals surface area contributed by atoms with Gasteiger partial charge in [-0.15, -0.1) is 0 Å². The highest BCUT2D eigenvalue weighted by atomic mass is 16.5. The lowest BCUT2D eigenvalue weighted by atomic mass is 9.94. The van der Waals surface area contributed by atoms with E-state index in [-0.39, 0.29) is 24.6 Å². The van der Waals surface area contributed by atoms with Gasteiger partial charge in [0.2, 0.25) is 0 Å². The number of rotatable bonds is 13. The van der Waals surface area contributed by atoms with Crippen LogP contribution in [-0.4, -0.2) is 35.5 Å². The van der Waals surface area contributed by atoms with Crippen molar-refractivity contribution in [2.24, 2.45) is 5.92 Å². The van der Waals surface area contributed by atoms with Crippen LogP contribution < -0.4 is 0 Å². The van der Waals surface area contributed by atoms with Gasteiger partial charge in [-0.2, -0.15) is 0 Å². The standard InChI is InChI=1S/C22H38O4/c1-17(2)12-13-22(25)19(4)9-7-11-21(16-26-20(5)24)10-6-8-18(3)14-15-23/h10,12,14,19,22-23,25H,6-9,11,13,15-16H2,1-5H3. The Balaban J connectivity index is 4.46. The number of carbonyl (C=O) groups excluding carboxylic acids is 1. The number of ether oxygens (including phenoxy) is 1. The molecule has 4 heteroatoms. The van der Waals surface area contributed by atoms with Crippen molar-refractivity contribution >= 4 is 5.97 Å². The molecule has 0 radical (unpaired) electrons. The molecule has 0 saturated heterocycles. The van der Waals surface area contributed by atoms with Crippen molar-refractivity contribution in [3.05, 3.63) is 34.9 Å². The van der Waals surface area contributed by atoms with Gasteiger partial charge in [0.15, 0.2) is 0 Å². The van der Waals surface area contributed by atoms with Gasteiger partial charge in [-0.3, -0.25) is 4.79 Å². The van der Waals surface area contributed by atoms with E-state index in [0.717, 1.165) is 43.3 Å². The summed E-state index contributed by atoms with van der Waals surface area (Å²) >= 11 is 0. The molecule has 0 amide bonds. The fourth-order valence-electron chi connectivity index (χ4n) is 2.62. The summed E-state index contributed by atoms with van der Waals surface area (Å²) in [5, 5.41) is 19.1. The third kappa shape index (κ3) is 13.9. The molecule has 150 valence electrons. The van der Waals surface area contributed by atoms with Crippen LogP contribution in [0.1, 0.15) is 73.1 Å². The molecule has 2 N–H and O–H groups in total. The molecular weight excluding hydrogens is 328 g/mol. The topological polar surface area (TPSA) is 66.8 Å². The number of esters is 1. The van der Waals surface area contributed by atoms with Crippen LogP contribution in [0.3, 0.4) is 0 Å². The van der Waals surface area contributed by atoms with Crippen LogP contribution in [-0.2, 0) is 9.53 Å². The molecule has 0 saturated carbocycles. The quantitative estimate of drug-likeness (QED) is 0.366. The first-order valence-corrected chi connectivity index (χ1v) is 9.65. The Morgan fingerprint density at radius 2 is 1.77 bits per heavy atom. The molecular formula is C22H38O4. The molecule has 0 aromatic carbocycles. The Bertz CT molecular complexity index is 484. The lowest BCUT2D eigenvalue weighted by Crippen LogP contribution is -2.17. The zero-order valence-electron chi connectivity index (χ0n) is 17.3. The van der Waals surface area contributed by atoms with E-state index in [1.807, 2.05) is 26.8 Å². The number of aliphatic hydroxyl groups excluding tert-OH is 2. The van der Waals surface area contributed by atoms with Crippen molar-refractivity contribution in [3.63, 3.8) is 0 Å². The SMILES string of the molecule is CC(=O)OCC(=CCCC(C)=CCO)CCCC(C)C(O)CC=C(C)C. The Labute approximate surface area is 159 Å². The largest absolute Gasteiger partial charge is 0.461 e. The summed E-state index contributed by atoms with van der Waals surface area (Å²) in [4.78, 5) is 11.1. The summed E-state index contributed by atoms with van der Waals surface area (Å²) in [6.45, 7) is 10.0. The summed E-state index contributed by atoms with van der Waals surface area (Å²) in [5.74, 6) is -0.0203. The second kappa shape index (κ2) is 14.7. The average Bonchev–Trinajstić information content (AvgIpc) is 2.56. The van der Waals surface area contributed by atoms with Gasteiger partial charge in [0, 0.05) is 6.92 Å². The van der Waals surface area contributed by atoms with E-state index >= 15 is 0 Å². The minimum absolute atomic E-state index is 0.0722. The summed E-state index contributed by atoms with van der Waals surface area (Å²) in [7, 11) is 0. The van der Waals surface area contributed by atoms with Crippen molar-refractivity contribution in [1.29, 1.82) is 0 Å². The average molecular weight is 367 g/mol. The Morgan fingerprint density at radius 1 is 1.08 bits per heavy atom. The van der Waals surface area contributed by atoms with Crippen LogP contribution in [0.15, 0.2) is 34.9 Å². The van der Waals surface area contributed by atoms with Crippen molar-refractivity contribution in [1.82, 2.24) is 0 Å². The predicted molar refractivity (Wildman–Crippen MR) is 108 cm³/mol. The van der Waals surface area contributed by atoms with Gasteiger partial charge in [0.25, 0.3) is 0 Å². The number of carbonyl (C=O) groups is 1. The van der Waals surface area contributed by atoms with E-state index in [2.05, 4.69) is 19.1 Å². The van der Waals surface area contributed by atoms with Crippen LogP contribution in [0.5, 0.6) is 0 Å². The fraction of sp³-hybridized carbons (Fsp3) is 0.682. The van der Waals surface area contributed by atoms with Crippen molar-refractivity contribution in [2.45, 2.75) is 79.2 Å². The van der Waals surface area contributed by atoms with Crippen LogP contribution >= 0.6 is 0 Å². The first-order valence-electron chi connectivity index (χ1n) is 9.65. The van der Waals surface area contributed by atoms with E-state index in [9.17, 15) is 9.90 Å². The minimum Gasteiger partial charge on any atom is -0.461 e. The Kier molecular flexibility index (Phi) is 14.0. The molecule has 0 fully saturated rings. The van der Waals surface area contributed by atoms with Crippen molar-refractivity contribution < 1.29 is 19.7 Å². The lowest BCUT2D eigenvalue weighted by molar-refractivity contribution is -0.140. The van der Waals surface area contributed by atoms with E-state index in [4.69, 9.17) is 9.84 Å². The van der Waals surface area contributed by atoms with Gasteiger partial charge in [-0.05, 0) is 70.8 Å². The highest BCUT2D eigenvalue weighted by Crippen LogP contribution is 2.19. The second-order valence-corrected chi connectivity index (χ2v) is 7.37. The molecule has 0 heterocycles. The van der Waals surface area contributed by atoms with E-state index in [1.54, 1.807) is 0 Å². The molecule has 2 atom stereocenters. The van der Waals surface area contributed by atoms with Gasteiger partial charge in [-0.1, -0.05) is 36.3 Å². The van der Waals surface area contributed by atoms with Gasteiger partial charge in [-0.25, -0.2) is 0 Å². The van der Waals surface area contributed by atoms with E-state index < -0.39 is 0 Å². The summed E-state index contributed by atoms with van der Waals surface area (Å²) in [6.07, 6.45) is 11.0. The number of hydrogen-bond acceptors (Lipinski definition) is 4. The molecule has 4 nitrogen and oxygen atoms in total. The van der Waals surface area contributed by atoms with Crippen LogP contribution in [0.25, 0.3) is 0 Å². The Hall–Kier alpha value is -1.39. The van der Waals surface area contributed by atoms with E-state index in [1.165, 1.54) is 12.5 Å². The van der Waals surface area contributed by atoms with E-state index in [0.29, 0.717) is 13.0 Å². The molecule has 0 aromatic heterocycles. The molecule has 0 rings (SSSR count). The lowest BCUT2D eigenvalue weighted by Gasteiger charge is -2.18. The fourth-order valence-corrected chi connectivity index (χ4v) is 2.62. The molecule has 0 aliphatic heterocycles. The van der Waals surface area contributed by atoms with Gasteiger partial charge in [0.05, 0.1) is 12.7 Å². The normalized spacial score (nSPS) is 14.7. The molecule has 0 bridgehead atoms. The molecule has 0 aliphatic rings. The first kappa shape index (κ1) is 24.6. The molecule has 26 heavy (non-hydrogen) atoms. The summed E-state index contributed by atoms with van der Waals surface area (Å²) in [5.41, 5.74) is 3.52. The van der Waals surface area contributed by atoms with Gasteiger partial charge >= 0.3 is 5.97 Å². The minimum atomic E-state index is -0.308. The van der Waals surface area contributed by atoms with Crippen molar-refractivity contribution in [3.8, 4) is 0 Å². The summed E-state index contributed by atoms with van der Waals surface area (Å²) in [6, 6.07) is 0. The third-order valence-corrected chi connectivity index (χ3v) is 4.45. The van der Waals surface area contributed by atoms with Crippen molar-refractivity contribution in [2.75, 3.05) is 13.2 Å². The maximum Gasteiger partial charge on any atom is 0.302 e. The molecule has 2 unspecified atom stereocenters. The summed E-state index contributed by atoms with van der Waals surface area (Å²) < 4.78 is 5.16. The number of hydrogen-bond donors (Lipinski definition) is 2. The maximum atomic E-state index is 11.1. The Morgan fingerprint density at radius 3 is 2.35 bits per heavy atom. The van der Waals surface area contributed by atoms with Crippen LogP contribution in [0, 0.1) is 5.92 Å². The number of allylic oxidation sites excluding steroid dienone is 3. The molecule has 0 aliphatic carbocycles. The molecule has 0 spiro atoms. The third-order valence-electron chi connectivity index (χ3n) is 4.45. The zero-order chi connectivity index (χ0) is 19.9. The number of aliphatic hydroxyl groups is 2. The van der Waals surface area contributed by atoms with Gasteiger partial charge < -0.3 is 14.9 Å². The van der Waals surface area contributed by atoms with Crippen LogP contribution in [0.2, 0.25) is 0 Å². The second-order valence-electron chi connectivity index (χ2n) is 7.37. The highest BCUT2D eigenvalue weighted by Gasteiger charge is 2.13. The molecule has 0 aromatic rings. The highest BCUT2D eigenvalue weighted by molar-refractivity contribution is 5.66. The zero-order valence-corrected chi connectivity index (χ0v) is 17.3. The predicted octanol–water partition coefficient (Wildman–Crippen LogP) is 4.72. The van der Waals surface area contributed by atoms with Crippen LogP contribution in [0.4, 0.5) is 0 Å². The monoisotopic (exact) mass is 366 g/mol. The first-order chi connectivity index (χ1) is 12.3.